The highest BCUT2D eigenvalue weighted by Gasteiger charge is 2.56. The molecule has 108 heavy (non-hydrogen) atoms. The van der Waals surface area contributed by atoms with Gasteiger partial charge in [-0.1, -0.05) is 20.3 Å². The average Bonchev–Trinajstić information content (AvgIpc) is 1.58. The van der Waals surface area contributed by atoms with Crippen LogP contribution in [0.15, 0.2) is 36.8 Å². The SMILES string of the molecule is CCCc1nccc2sc(-c3c(C)nc(NCC4(C)CC4)nc3NC3(OCCc4nccc5sc(-c6c(C)nc(NCC(F)(F)F)nc6NC6CC(C(C)(C)O)C(O)C6OCCc6nccc7sc(-c8c(C)nc(NC9CCC9)nc8NC8(O)CCC(C(C)(C)O)C8O)nc67)nc45)CCC(C(C)(C)O)C3O)nc12. The number of aromatic nitrogens is 12. The number of ether oxygens (including phenoxy) is 2. The van der Waals surface area contributed by atoms with E-state index >= 15 is 0 Å². The topological polar surface area (TPSA) is 387 Å². The Hall–Kier alpha value is -7.41. The van der Waals surface area contributed by atoms with Gasteiger partial charge in [0.2, 0.25) is 17.8 Å². The minimum Gasteiger partial charge on any atom is -0.390 e. The number of pyridine rings is 3. The van der Waals surface area contributed by atoms with Crippen LogP contribution in [0.3, 0.4) is 0 Å². The van der Waals surface area contributed by atoms with E-state index in [1.54, 1.807) is 67.1 Å². The molecule has 10 unspecified atom stereocenters. The molecule has 33 heteroatoms. The molecule has 0 aromatic carbocycles. The van der Waals surface area contributed by atoms with Crippen molar-refractivity contribution in [3.8, 4) is 31.7 Å². The van der Waals surface area contributed by atoms with Crippen molar-refractivity contribution in [2.45, 2.75) is 237 Å². The molecular weight excluding hydrogens is 1450 g/mol. The van der Waals surface area contributed by atoms with Gasteiger partial charge < -0.3 is 77.1 Å². The quantitative estimate of drug-likeness (QED) is 0.0194. The molecular formula is C75H97F3N18O9S3. The molecule has 5 fully saturated rings. The zero-order valence-electron chi connectivity index (χ0n) is 62.6. The van der Waals surface area contributed by atoms with E-state index in [1.807, 2.05) is 32.0 Å². The molecule has 5 saturated carbocycles. The molecule has 10 atom stereocenters. The molecule has 9 aromatic rings. The number of fused-ring (bicyclic) bond motifs is 3. The Morgan fingerprint density at radius 1 is 0.556 bits per heavy atom. The van der Waals surface area contributed by atoms with Crippen molar-refractivity contribution in [1.29, 1.82) is 0 Å². The number of halogens is 3. The summed E-state index contributed by atoms with van der Waals surface area (Å²) in [6.07, 6.45) is 4.07. The Bertz CT molecular complexity index is 4790. The number of nitrogens with zero attached hydrogens (tertiary/aromatic N) is 12. The lowest BCUT2D eigenvalue weighted by Crippen LogP contribution is -2.53. The summed E-state index contributed by atoms with van der Waals surface area (Å²) in [6.45, 7) is 18.7. The van der Waals surface area contributed by atoms with Crippen LogP contribution in [-0.2, 0) is 28.7 Å². The van der Waals surface area contributed by atoms with Gasteiger partial charge in [0.25, 0.3) is 0 Å². The Labute approximate surface area is 635 Å². The normalized spacial score (nSPS) is 24.6. The number of aryl methyl sites for hydroxylation is 4. The molecule has 0 spiro atoms. The van der Waals surface area contributed by atoms with Crippen molar-refractivity contribution in [2.24, 2.45) is 23.2 Å². The number of hydrogen-bond acceptors (Lipinski definition) is 30. The van der Waals surface area contributed by atoms with Crippen LogP contribution in [0.2, 0.25) is 0 Å². The van der Waals surface area contributed by atoms with Crippen molar-refractivity contribution in [3.05, 3.63) is 71.0 Å². The minimum absolute atomic E-state index is 0.00128. The minimum atomic E-state index is -4.63. The summed E-state index contributed by atoms with van der Waals surface area (Å²) in [5.74, 6) is -0.826. The smallest absolute Gasteiger partial charge is 0.390 e. The lowest BCUT2D eigenvalue weighted by atomic mass is 9.87. The third-order valence-corrected chi connectivity index (χ3v) is 25.4. The number of thiazole rings is 3. The number of anilines is 6. The maximum Gasteiger partial charge on any atom is 0.405 e. The summed E-state index contributed by atoms with van der Waals surface area (Å²) in [7, 11) is 0. The van der Waals surface area contributed by atoms with Gasteiger partial charge in [-0.3, -0.25) is 15.0 Å². The number of hydrogen-bond donors (Lipinski definition) is 13. The molecule has 5 aliphatic rings. The number of nitrogens with one attached hydrogen (secondary N) is 6. The fourth-order valence-corrected chi connectivity index (χ4v) is 18.9. The standard InChI is InChI=1S/C75H97F3N18O9S3/c1-12-14-43-53-47(19-28-79-43)107-65(89-53)52-37(3)85-66(82-34-72(11)26-27-72)93-62(52)96-74(25-18-41(59(74)99)70(7,8)101)105-32-23-45-55-49(21-30-81-45)106-63(90-55)50-36(2)84-67(83-35-75(76,77)78)92-60(50)88-46-33-42(71(9,10)102)56(97)57(46)104-31-22-44-54-48(20-29-80-44)108-64(91-54)51-38(4)86-68(87-39-15-13-16-39)94-61(51)95-73(103)24-17-40(58(73)98)69(5,6)100/h19-21,28-30,39-42,46,56-59,97-103H,12-18,22-27,31-35H2,1-11H3,(H2,82,85,93,96)(H2,83,84,88,92)(H2,86,87,94,95). The first kappa shape index (κ1) is 77.3. The number of aliphatic hydroxyl groups excluding tert-OH is 3. The Morgan fingerprint density at radius 3 is 1.54 bits per heavy atom. The van der Waals surface area contributed by atoms with E-state index in [0.29, 0.717) is 107 Å². The summed E-state index contributed by atoms with van der Waals surface area (Å²) >= 11 is 4.16. The summed E-state index contributed by atoms with van der Waals surface area (Å²) in [5.41, 5.74) is -0.396. The highest BCUT2D eigenvalue weighted by Crippen LogP contribution is 2.50. The molecule has 9 heterocycles. The predicted octanol–water partition coefficient (Wildman–Crippen LogP) is 11.2. The third-order valence-electron chi connectivity index (χ3n) is 22.3. The molecule has 5 aliphatic carbocycles. The molecule has 27 nitrogen and oxygen atoms in total. The maximum atomic E-state index is 14.0. The van der Waals surface area contributed by atoms with E-state index in [-0.39, 0.29) is 80.1 Å². The first-order valence-corrected chi connectivity index (χ1v) is 39.7. The van der Waals surface area contributed by atoms with Crippen molar-refractivity contribution < 1.29 is 58.4 Å². The molecule has 9 aromatic heterocycles. The van der Waals surface area contributed by atoms with E-state index < -0.39 is 89.2 Å². The molecule has 0 aliphatic heterocycles. The van der Waals surface area contributed by atoms with Crippen LogP contribution in [0, 0.1) is 43.9 Å². The number of rotatable bonds is 29. The van der Waals surface area contributed by atoms with Gasteiger partial charge in [-0.25, -0.2) is 29.9 Å². The zero-order valence-corrected chi connectivity index (χ0v) is 65.0. The van der Waals surface area contributed by atoms with Crippen molar-refractivity contribution in [1.82, 2.24) is 59.8 Å². The van der Waals surface area contributed by atoms with Gasteiger partial charge >= 0.3 is 6.18 Å². The summed E-state index contributed by atoms with van der Waals surface area (Å²) in [5, 5.41) is 104. The molecule has 0 saturated heterocycles. The second-order valence-corrected chi connectivity index (χ2v) is 35.2. The first-order chi connectivity index (χ1) is 51.1. The molecule has 580 valence electrons. The molecule has 0 radical (unpaired) electrons. The van der Waals surface area contributed by atoms with E-state index in [9.17, 15) is 48.9 Å². The molecule has 13 N–H and O–H groups in total. The van der Waals surface area contributed by atoms with Crippen molar-refractivity contribution in [2.75, 3.05) is 58.2 Å². The highest BCUT2D eigenvalue weighted by molar-refractivity contribution is 7.22. The van der Waals surface area contributed by atoms with Crippen LogP contribution < -0.4 is 31.9 Å². The van der Waals surface area contributed by atoms with Crippen LogP contribution in [0.4, 0.5) is 48.5 Å². The average molecular weight is 1550 g/mol. The molecule has 14 rings (SSSR count). The lowest BCUT2D eigenvalue weighted by Gasteiger charge is -2.38. The summed E-state index contributed by atoms with van der Waals surface area (Å²) in [4.78, 5) is 58.8. The summed E-state index contributed by atoms with van der Waals surface area (Å²) in [6, 6.07) is 4.98. The zero-order chi connectivity index (χ0) is 76.8. The largest absolute Gasteiger partial charge is 0.405 e. The van der Waals surface area contributed by atoms with E-state index in [4.69, 9.17) is 59.3 Å². The van der Waals surface area contributed by atoms with Gasteiger partial charge in [0.1, 0.15) is 73.9 Å². The fourth-order valence-electron chi connectivity index (χ4n) is 15.7. The van der Waals surface area contributed by atoms with Gasteiger partial charge in [0.15, 0.2) is 11.4 Å². The Morgan fingerprint density at radius 2 is 1.04 bits per heavy atom. The monoisotopic (exact) mass is 1550 g/mol. The first-order valence-electron chi connectivity index (χ1n) is 37.3. The second-order valence-electron chi connectivity index (χ2n) is 32.1. The van der Waals surface area contributed by atoms with E-state index in [1.165, 1.54) is 34.0 Å². The van der Waals surface area contributed by atoms with Crippen molar-refractivity contribution >= 4 is 100.0 Å². The highest BCUT2D eigenvalue weighted by atomic mass is 32.1. The van der Waals surface area contributed by atoms with Gasteiger partial charge in [0.05, 0.1) is 107 Å². The van der Waals surface area contributed by atoms with Crippen LogP contribution in [-0.4, -0.2) is 193 Å². The third kappa shape index (κ3) is 16.1. The Kier molecular flexibility index (Phi) is 21.3. The summed E-state index contributed by atoms with van der Waals surface area (Å²) < 4.78 is 58.0. The maximum absolute atomic E-state index is 14.0. The predicted molar refractivity (Wildman–Crippen MR) is 411 cm³/mol. The van der Waals surface area contributed by atoms with E-state index in [2.05, 4.69) is 55.7 Å². The van der Waals surface area contributed by atoms with Crippen LogP contribution in [0.1, 0.15) is 160 Å². The van der Waals surface area contributed by atoms with Crippen LogP contribution in [0.5, 0.6) is 0 Å². The van der Waals surface area contributed by atoms with Crippen molar-refractivity contribution in [3.63, 3.8) is 0 Å². The van der Waals surface area contributed by atoms with Crippen LogP contribution >= 0.6 is 34.0 Å². The number of aliphatic hydroxyl groups is 7. The van der Waals surface area contributed by atoms with Gasteiger partial charge in [-0.05, 0) is 157 Å². The Balaban J connectivity index is 0.743. The fraction of sp³-hybridized carbons (Fsp3) is 0.600. The van der Waals surface area contributed by atoms with Gasteiger partial charge in [0, 0.05) is 61.8 Å². The molecule has 0 bridgehead atoms. The number of alkyl halides is 3. The van der Waals surface area contributed by atoms with E-state index in [0.717, 1.165) is 65.6 Å². The second kappa shape index (κ2) is 29.7. The van der Waals surface area contributed by atoms with Gasteiger partial charge in [-0.15, -0.1) is 34.0 Å². The van der Waals surface area contributed by atoms with Gasteiger partial charge in [-0.2, -0.15) is 28.1 Å². The lowest BCUT2D eigenvalue weighted by molar-refractivity contribution is -0.123. The molecule has 0 amide bonds. The van der Waals surface area contributed by atoms with Crippen LogP contribution in [0.25, 0.3) is 62.4 Å².